The first-order valence-electron chi connectivity index (χ1n) is 9.84. The van der Waals surface area contributed by atoms with E-state index < -0.39 is 21.4 Å². The van der Waals surface area contributed by atoms with Gasteiger partial charge < -0.3 is 13.7 Å². The molecule has 0 radical (unpaired) electrons. The van der Waals surface area contributed by atoms with E-state index in [-0.39, 0.29) is 0 Å². The first-order chi connectivity index (χ1) is 14.7. The van der Waals surface area contributed by atoms with E-state index in [4.69, 9.17) is 13.7 Å². The lowest BCUT2D eigenvalue weighted by Gasteiger charge is -2.31. The van der Waals surface area contributed by atoms with Crippen molar-refractivity contribution in [1.29, 1.82) is 0 Å². The van der Waals surface area contributed by atoms with E-state index in [1.165, 1.54) is 0 Å². The van der Waals surface area contributed by atoms with Crippen LogP contribution in [0.4, 0.5) is 0 Å². The van der Waals surface area contributed by atoms with Crippen LogP contribution in [0.25, 0.3) is 18.2 Å². The van der Waals surface area contributed by atoms with Crippen LogP contribution in [-0.4, -0.2) is 21.4 Å². The van der Waals surface area contributed by atoms with Crippen LogP contribution in [0.15, 0.2) is 92.5 Å². The Morgan fingerprint density at radius 1 is 0.433 bits per heavy atom. The molecule has 3 aromatic carbocycles. The van der Waals surface area contributed by atoms with Crippen molar-refractivity contribution in [2.45, 2.75) is 0 Å². The molecule has 30 heavy (non-hydrogen) atoms. The lowest BCUT2D eigenvalue weighted by atomic mass is 9.61. The van der Waals surface area contributed by atoms with E-state index in [1.807, 2.05) is 91.0 Å². The minimum atomic E-state index is -0.564. The van der Waals surface area contributed by atoms with Gasteiger partial charge in [0.1, 0.15) is 0 Å². The Morgan fingerprint density at radius 2 is 0.667 bits per heavy atom. The molecule has 0 unspecified atom stereocenters. The Bertz CT molecular complexity index is 888. The second kappa shape index (κ2) is 9.18. The second-order valence-electron chi connectivity index (χ2n) is 7.02. The molecule has 3 nitrogen and oxygen atoms in total. The van der Waals surface area contributed by atoms with Crippen LogP contribution in [0.1, 0.15) is 16.7 Å². The van der Waals surface area contributed by atoms with Gasteiger partial charge in [-0.3, -0.25) is 0 Å². The summed E-state index contributed by atoms with van der Waals surface area (Å²) in [5.74, 6) is 0. The fourth-order valence-corrected chi connectivity index (χ4v) is 3.27. The zero-order valence-electron chi connectivity index (χ0n) is 16.7. The van der Waals surface area contributed by atoms with Gasteiger partial charge in [-0.05, 0) is 33.1 Å². The van der Waals surface area contributed by atoms with Gasteiger partial charge in [-0.25, -0.2) is 0 Å². The van der Waals surface area contributed by atoms with Gasteiger partial charge >= 0.3 is 21.4 Å². The van der Waals surface area contributed by atoms with Crippen LogP contribution in [0.3, 0.4) is 0 Å². The Labute approximate surface area is 179 Å². The molecule has 0 saturated carbocycles. The van der Waals surface area contributed by atoms with Crippen molar-refractivity contribution in [1.82, 2.24) is 0 Å². The summed E-state index contributed by atoms with van der Waals surface area (Å²) in [7, 11) is -1.69. The fourth-order valence-electron chi connectivity index (χ4n) is 3.27. The maximum Gasteiger partial charge on any atom is 0.467 e. The number of rotatable bonds is 6. The molecule has 1 heterocycles. The van der Waals surface area contributed by atoms with Crippen LogP contribution in [-0.2, 0) is 13.7 Å². The van der Waals surface area contributed by atoms with Gasteiger partial charge in [0.15, 0.2) is 0 Å². The molecular formula is C24H21B3O3. The number of hydrogen-bond donors (Lipinski definition) is 0. The van der Waals surface area contributed by atoms with Crippen LogP contribution >= 0.6 is 0 Å². The standard InChI is InChI=1S/C24H21B3O3/c1-4-19-7-13-22(14-8-19)25-28-26(23-15-9-20(5-2)10-16-23)30-27(29-25)24-17-11-21(6-3)12-18-24/h4-18H,1-3H2. The van der Waals surface area contributed by atoms with Crippen molar-refractivity contribution in [3.05, 3.63) is 109 Å². The van der Waals surface area contributed by atoms with Gasteiger partial charge in [-0.2, -0.15) is 0 Å². The molecule has 6 heteroatoms. The SMILES string of the molecule is C=Cc1ccc(B2OB(c3ccc(C=C)cc3)OB(c3ccc(C=C)cc3)O2)cc1. The summed E-state index contributed by atoms with van der Waals surface area (Å²) in [5, 5.41) is 0. The van der Waals surface area contributed by atoms with Gasteiger partial charge in [-0.15, -0.1) is 0 Å². The highest BCUT2D eigenvalue weighted by atomic mass is 16.7. The Hall–Kier alpha value is -3.05. The maximum absolute atomic E-state index is 6.19. The van der Waals surface area contributed by atoms with E-state index in [1.54, 1.807) is 0 Å². The molecule has 1 saturated heterocycles. The van der Waals surface area contributed by atoms with Crippen molar-refractivity contribution < 1.29 is 13.7 Å². The minimum Gasteiger partial charge on any atom is -0.445 e. The monoisotopic (exact) mass is 390 g/mol. The van der Waals surface area contributed by atoms with E-state index in [2.05, 4.69) is 19.7 Å². The summed E-state index contributed by atoms with van der Waals surface area (Å²) in [6, 6.07) is 23.9. The number of hydrogen-bond acceptors (Lipinski definition) is 3. The quantitative estimate of drug-likeness (QED) is 0.606. The highest BCUT2D eigenvalue weighted by Gasteiger charge is 2.43. The normalized spacial score (nSPS) is 13.8. The fraction of sp³-hybridized carbons (Fsp3) is 0. The lowest BCUT2D eigenvalue weighted by molar-refractivity contribution is 0.308. The smallest absolute Gasteiger partial charge is 0.445 e. The van der Waals surface area contributed by atoms with Gasteiger partial charge in [0.25, 0.3) is 0 Å². The van der Waals surface area contributed by atoms with Gasteiger partial charge in [0.05, 0.1) is 0 Å². The van der Waals surface area contributed by atoms with Crippen molar-refractivity contribution in [3.63, 3.8) is 0 Å². The molecule has 1 fully saturated rings. The maximum atomic E-state index is 6.19. The molecule has 4 rings (SSSR count). The predicted molar refractivity (Wildman–Crippen MR) is 129 cm³/mol. The van der Waals surface area contributed by atoms with Crippen LogP contribution in [0.5, 0.6) is 0 Å². The summed E-state index contributed by atoms with van der Waals surface area (Å²) < 4.78 is 18.6. The highest BCUT2D eigenvalue weighted by Crippen LogP contribution is 2.12. The largest absolute Gasteiger partial charge is 0.467 e. The Balaban J connectivity index is 1.65. The molecule has 0 bridgehead atoms. The van der Waals surface area contributed by atoms with E-state index in [9.17, 15) is 0 Å². The molecular weight excluding hydrogens is 369 g/mol. The molecule has 1 aliphatic heterocycles. The third kappa shape index (κ3) is 4.41. The van der Waals surface area contributed by atoms with Gasteiger partial charge in [0, 0.05) is 0 Å². The summed E-state index contributed by atoms with van der Waals surface area (Å²) in [6.07, 6.45) is 5.43. The summed E-state index contributed by atoms with van der Waals surface area (Å²) in [4.78, 5) is 0. The van der Waals surface area contributed by atoms with Gasteiger partial charge in [-0.1, -0.05) is 111 Å². The average Bonchev–Trinajstić information content (AvgIpc) is 2.84. The average molecular weight is 390 g/mol. The Morgan fingerprint density at radius 3 is 0.867 bits per heavy atom. The zero-order chi connectivity index (χ0) is 20.9. The predicted octanol–water partition coefficient (Wildman–Crippen LogP) is 3.17. The molecule has 0 N–H and O–H groups in total. The molecule has 1 aliphatic rings. The third-order valence-corrected chi connectivity index (χ3v) is 5.07. The minimum absolute atomic E-state index is 0.564. The van der Waals surface area contributed by atoms with Crippen molar-refractivity contribution in [3.8, 4) is 0 Å². The zero-order valence-corrected chi connectivity index (χ0v) is 16.7. The summed E-state index contributed by atoms with van der Waals surface area (Å²) in [5.41, 5.74) is 5.88. The van der Waals surface area contributed by atoms with Crippen molar-refractivity contribution in [2.75, 3.05) is 0 Å². The van der Waals surface area contributed by atoms with Gasteiger partial charge in [0.2, 0.25) is 0 Å². The Kier molecular flexibility index (Phi) is 6.19. The lowest BCUT2D eigenvalue weighted by Crippen LogP contribution is -2.61. The first kappa shape index (κ1) is 20.2. The highest BCUT2D eigenvalue weighted by molar-refractivity contribution is 6.87. The van der Waals surface area contributed by atoms with Crippen LogP contribution < -0.4 is 16.4 Å². The summed E-state index contributed by atoms with van der Waals surface area (Å²) in [6.45, 7) is 11.4. The molecule has 0 aromatic heterocycles. The second-order valence-corrected chi connectivity index (χ2v) is 7.02. The summed E-state index contributed by atoms with van der Waals surface area (Å²) >= 11 is 0. The third-order valence-electron chi connectivity index (χ3n) is 5.07. The van der Waals surface area contributed by atoms with Crippen molar-refractivity contribution >= 4 is 56.0 Å². The van der Waals surface area contributed by atoms with E-state index in [0.29, 0.717) is 0 Å². The number of benzene rings is 3. The molecule has 0 amide bonds. The van der Waals surface area contributed by atoms with Crippen molar-refractivity contribution in [2.24, 2.45) is 0 Å². The molecule has 3 aromatic rings. The first-order valence-corrected chi connectivity index (χ1v) is 9.84. The molecule has 0 aliphatic carbocycles. The molecule has 144 valence electrons. The van der Waals surface area contributed by atoms with E-state index >= 15 is 0 Å². The molecule has 0 atom stereocenters. The topological polar surface area (TPSA) is 27.7 Å². The molecule has 0 spiro atoms. The van der Waals surface area contributed by atoms with Crippen LogP contribution in [0.2, 0.25) is 0 Å². The van der Waals surface area contributed by atoms with E-state index in [0.717, 1.165) is 33.1 Å². The van der Waals surface area contributed by atoms with Crippen LogP contribution in [0, 0.1) is 0 Å².